The Morgan fingerprint density at radius 3 is 2.26 bits per heavy atom. The van der Waals surface area contributed by atoms with E-state index in [1.54, 1.807) is 36.4 Å². The minimum Gasteiger partial charge on any atom is -0.355 e. The van der Waals surface area contributed by atoms with Crippen molar-refractivity contribution >= 4 is 11.8 Å². The highest BCUT2D eigenvalue weighted by molar-refractivity contribution is 5.94. The minimum atomic E-state index is -4.38. The molecule has 2 amide bonds. The smallest absolute Gasteiger partial charge is 0.355 e. The first-order valence-corrected chi connectivity index (χ1v) is 11.5. The van der Waals surface area contributed by atoms with Crippen LogP contribution in [0.25, 0.3) is 0 Å². The van der Waals surface area contributed by atoms with Gasteiger partial charge in [-0.1, -0.05) is 36.4 Å². The quantitative estimate of drug-likeness (QED) is 0.486. The second-order valence-electron chi connectivity index (χ2n) is 9.34. The van der Waals surface area contributed by atoms with E-state index in [1.165, 1.54) is 19.2 Å². The third kappa shape index (κ3) is 6.20. The van der Waals surface area contributed by atoms with Crippen LogP contribution in [0.1, 0.15) is 46.7 Å². The van der Waals surface area contributed by atoms with E-state index < -0.39 is 35.1 Å². The molecule has 0 saturated heterocycles. The number of nitrogens with one attached hydrogen (secondary N) is 2. The van der Waals surface area contributed by atoms with Gasteiger partial charge in [-0.15, -0.1) is 0 Å². The van der Waals surface area contributed by atoms with Gasteiger partial charge in [0.05, 0.1) is 11.0 Å². The number of alkyl halides is 3. The van der Waals surface area contributed by atoms with Crippen molar-refractivity contribution in [3.8, 4) is 0 Å². The fourth-order valence-electron chi connectivity index (χ4n) is 4.48. The molecule has 1 aliphatic carbocycles. The Morgan fingerprint density at radius 1 is 1.09 bits per heavy atom. The molecule has 35 heavy (non-hydrogen) atoms. The Morgan fingerprint density at radius 2 is 1.74 bits per heavy atom. The van der Waals surface area contributed by atoms with Crippen LogP contribution < -0.4 is 10.6 Å². The zero-order chi connectivity index (χ0) is 25.8. The lowest BCUT2D eigenvalue weighted by atomic mass is 9.80. The number of rotatable bonds is 10. The maximum atomic E-state index is 14.3. The van der Waals surface area contributed by atoms with Crippen molar-refractivity contribution in [3.05, 3.63) is 71.0 Å². The summed E-state index contributed by atoms with van der Waals surface area (Å²) in [5.41, 5.74) is -0.777. The molecule has 9 heteroatoms. The van der Waals surface area contributed by atoms with Crippen LogP contribution in [0.15, 0.2) is 48.5 Å². The molecule has 2 unspecified atom stereocenters. The van der Waals surface area contributed by atoms with Gasteiger partial charge in [-0.3, -0.25) is 9.59 Å². The summed E-state index contributed by atoms with van der Waals surface area (Å²) in [4.78, 5) is 26.4. The highest BCUT2D eigenvalue weighted by Crippen LogP contribution is 2.66. The van der Waals surface area contributed by atoms with Crippen molar-refractivity contribution in [2.75, 3.05) is 27.7 Å². The predicted molar refractivity (Wildman–Crippen MR) is 126 cm³/mol. The van der Waals surface area contributed by atoms with Gasteiger partial charge in [0.25, 0.3) is 5.91 Å². The van der Waals surface area contributed by atoms with Crippen molar-refractivity contribution < 1.29 is 27.2 Å². The summed E-state index contributed by atoms with van der Waals surface area (Å²) in [5.74, 6) is -2.57. The van der Waals surface area contributed by atoms with Gasteiger partial charge in [0.2, 0.25) is 5.91 Å². The molecule has 3 rings (SSSR count). The lowest BCUT2D eigenvalue weighted by Crippen LogP contribution is -2.42. The average molecular weight is 494 g/mol. The van der Waals surface area contributed by atoms with Gasteiger partial charge in [0.15, 0.2) is 0 Å². The van der Waals surface area contributed by atoms with Gasteiger partial charge in [-0.25, -0.2) is 4.39 Å². The number of hydrogen-bond acceptors (Lipinski definition) is 3. The van der Waals surface area contributed by atoms with Crippen molar-refractivity contribution in [1.29, 1.82) is 0 Å². The Balaban J connectivity index is 1.68. The number of likely N-dealkylation sites (N-methyl/N-ethyl adjacent to an activating group) is 1. The number of nitrogens with zero attached hydrogens (tertiary/aromatic N) is 1. The third-order valence-electron chi connectivity index (χ3n) is 6.85. The van der Waals surface area contributed by atoms with Crippen molar-refractivity contribution in [1.82, 2.24) is 15.5 Å². The van der Waals surface area contributed by atoms with E-state index in [9.17, 15) is 27.2 Å². The molecule has 2 atom stereocenters. The van der Waals surface area contributed by atoms with E-state index in [-0.39, 0.29) is 37.4 Å². The number of hydrogen-bond donors (Lipinski definition) is 2. The van der Waals surface area contributed by atoms with Crippen LogP contribution >= 0.6 is 0 Å². The van der Waals surface area contributed by atoms with E-state index >= 15 is 0 Å². The first-order chi connectivity index (χ1) is 16.5. The Labute approximate surface area is 202 Å². The Kier molecular flexibility index (Phi) is 8.20. The van der Waals surface area contributed by atoms with Crippen LogP contribution in [0.2, 0.25) is 0 Å². The fraction of sp³-hybridized carbons (Fsp3) is 0.462. The van der Waals surface area contributed by atoms with Crippen LogP contribution in [0.3, 0.4) is 0 Å². The number of amides is 2. The first-order valence-electron chi connectivity index (χ1n) is 11.5. The summed E-state index contributed by atoms with van der Waals surface area (Å²) in [7, 11) is 5.03. The molecule has 1 fully saturated rings. The zero-order valence-corrected chi connectivity index (χ0v) is 20.1. The van der Waals surface area contributed by atoms with Crippen LogP contribution in [0.4, 0.5) is 17.6 Å². The molecule has 0 radical (unpaired) electrons. The maximum Gasteiger partial charge on any atom is 0.395 e. The maximum absolute atomic E-state index is 14.3. The Hall–Kier alpha value is -2.94. The topological polar surface area (TPSA) is 61.4 Å². The van der Waals surface area contributed by atoms with Gasteiger partial charge >= 0.3 is 6.18 Å². The largest absolute Gasteiger partial charge is 0.395 e. The number of benzene rings is 2. The predicted octanol–water partition coefficient (Wildman–Crippen LogP) is 4.29. The van der Waals surface area contributed by atoms with Crippen molar-refractivity contribution in [2.45, 2.75) is 43.8 Å². The number of carbonyl (C=O) groups excluding carboxylic acids is 2. The summed E-state index contributed by atoms with van der Waals surface area (Å²) < 4.78 is 56.0. The van der Waals surface area contributed by atoms with Gasteiger partial charge in [0, 0.05) is 32.0 Å². The molecule has 0 aliphatic heterocycles. The molecule has 1 saturated carbocycles. The van der Waals surface area contributed by atoms with Gasteiger partial charge in [0.1, 0.15) is 5.82 Å². The van der Waals surface area contributed by atoms with E-state index in [0.717, 1.165) is 0 Å². The van der Waals surface area contributed by atoms with Crippen LogP contribution in [-0.2, 0) is 11.2 Å². The number of carbonyl (C=O) groups is 2. The molecular formula is C26H31F4N3O2. The Bertz CT molecular complexity index is 1040. The molecule has 1 aliphatic rings. The lowest BCUT2D eigenvalue weighted by molar-refractivity contribution is -0.194. The third-order valence-corrected chi connectivity index (χ3v) is 6.85. The van der Waals surface area contributed by atoms with Gasteiger partial charge in [-0.05, 0) is 56.6 Å². The molecule has 5 nitrogen and oxygen atoms in total. The highest BCUT2D eigenvalue weighted by Gasteiger charge is 2.67. The molecule has 0 spiro atoms. The van der Waals surface area contributed by atoms with Crippen molar-refractivity contribution in [3.63, 3.8) is 0 Å². The summed E-state index contributed by atoms with van der Waals surface area (Å²) in [6.45, 7) is 0.186. The van der Waals surface area contributed by atoms with Crippen LogP contribution in [0.5, 0.6) is 0 Å². The van der Waals surface area contributed by atoms with E-state index in [4.69, 9.17) is 0 Å². The molecule has 0 heterocycles. The SMILES string of the molecule is CNC(=O)c1ccc(CC(CNC(=O)CC(c2ccccc2)C2(C(F)(F)F)CC2)N(C)C)cc1F. The second-order valence-corrected chi connectivity index (χ2v) is 9.34. The van der Waals surface area contributed by atoms with E-state index in [2.05, 4.69) is 10.6 Å². The molecule has 2 N–H and O–H groups in total. The minimum absolute atomic E-state index is 0.0152. The lowest BCUT2D eigenvalue weighted by Gasteiger charge is -2.30. The first kappa shape index (κ1) is 26.7. The molecule has 0 aromatic heterocycles. The van der Waals surface area contributed by atoms with Crippen molar-refractivity contribution in [2.24, 2.45) is 5.41 Å². The van der Waals surface area contributed by atoms with Crippen LogP contribution in [0, 0.1) is 11.2 Å². The monoisotopic (exact) mass is 493 g/mol. The van der Waals surface area contributed by atoms with Crippen LogP contribution in [-0.4, -0.2) is 56.6 Å². The van der Waals surface area contributed by atoms with E-state index in [0.29, 0.717) is 17.5 Å². The summed E-state index contributed by atoms with van der Waals surface area (Å²) in [6, 6.07) is 12.5. The normalized spacial score (nSPS) is 16.5. The number of halogens is 4. The molecule has 0 bridgehead atoms. The van der Waals surface area contributed by atoms with E-state index in [1.807, 2.05) is 19.0 Å². The molecule has 2 aromatic carbocycles. The highest BCUT2D eigenvalue weighted by atomic mass is 19.4. The summed E-state index contributed by atoms with van der Waals surface area (Å²) in [6.07, 6.45) is -4.24. The van der Waals surface area contributed by atoms with Gasteiger partial charge < -0.3 is 15.5 Å². The molecule has 2 aromatic rings. The average Bonchev–Trinajstić information content (AvgIpc) is 3.62. The van der Waals surface area contributed by atoms with Gasteiger partial charge in [-0.2, -0.15) is 13.2 Å². The summed E-state index contributed by atoms with van der Waals surface area (Å²) in [5, 5.41) is 5.16. The summed E-state index contributed by atoms with van der Waals surface area (Å²) >= 11 is 0. The molecule has 190 valence electrons. The standard InChI is InChI=1S/C26H31F4N3O2/c1-31-24(35)20-10-9-17(14-22(20)27)13-19(33(2)3)16-32-23(34)15-21(18-7-5-4-6-8-18)25(11-12-25)26(28,29)30/h4-10,14,19,21H,11-13,15-16H2,1-3H3,(H,31,35)(H,32,34). The second kappa shape index (κ2) is 10.8. The zero-order valence-electron chi connectivity index (χ0n) is 20.1. The fourth-order valence-corrected chi connectivity index (χ4v) is 4.48. The molecular weight excluding hydrogens is 462 g/mol.